The Morgan fingerprint density at radius 1 is 1.35 bits per heavy atom. The highest BCUT2D eigenvalue weighted by Gasteiger charge is 2.22. The molecule has 0 bridgehead atoms. The van der Waals surface area contributed by atoms with E-state index in [9.17, 15) is 9.18 Å². The molecular weight excluding hydrogens is 293 g/mol. The van der Waals surface area contributed by atoms with Crippen LogP contribution in [0.2, 0.25) is 0 Å². The van der Waals surface area contributed by atoms with Gasteiger partial charge in [0.25, 0.3) is 0 Å². The molecule has 23 heavy (non-hydrogen) atoms. The van der Waals surface area contributed by atoms with Gasteiger partial charge in [-0.2, -0.15) is 0 Å². The molecule has 0 aliphatic carbocycles. The van der Waals surface area contributed by atoms with Crippen molar-refractivity contribution in [2.45, 2.75) is 26.3 Å². The summed E-state index contributed by atoms with van der Waals surface area (Å²) >= 11 is 0. The molecule has 1 aromatic carbocycles. The zero-order valence-corrected chi connectivity index (χ0v) is 14.2. The lowest BCUT2D eigenvalue weighted by molar-refractivity contribution is -0.132. The summed E-state index contributed by atoms with van der Waals surface area (Å²) in [6.07, 6.45) is 2.27. The zero-order chi connectivity index (χ0) is 16.7. The Bertz CT molecular complexity index is 501. The number of benzene rings is 1. The quantitative estimate of drug-likeness (QED) is 0.835. The molecule has 1 aliphatic rings. The van der Waals surface area contributed by atoms with Crippen molar-refractivity contribution in [3.05, 3.63) is 35.6 Å². The van der Waals surface area contributed by atoms with Crippen LogP contribution in [0.4, 0.5) is 4.39 Å². The molecule has 1 N–H and O–H groups in total. The number of carbonyl (C=O) groups is 1. The van der Waals surface area contributed by atoms with E-state index in [-0.39, 0.29) is 11.7 Å². The van der Waals surface area contributed by atoms with Gasteiger partial charge in [-0.3, -0.25) is 9.69 Å². The van der Waals surface area contributed by atoms with Gasteiger partial charge in [0.15, 0.2) is 0 Å². The molecule has 0 saturated carbocycles. The third kappa shape index (κ3) is 5.59. The van der Waals surface area contributed by atoms with Crippen molar-refractivity contribution in [2.24, 2.45) is 5.92 Å². The number of hydrogen-bond acceptors (Lipinski definition) is 3. The minimum Gasteiger partial charge on any atom is -0.340 e. The summed E-state index contributed by atoms with van der Waals surface area (Å²) < 4.78 is 13.7. The van der Waals surface area contributed by atoms with Crippen LogP contribution in [-0.2, 0) is 11.3 Å². The second-order valence-electron chi connectivity index (χ2n) is 6.37. The number of nitrogens with one attached hydrogen (secondary N) is 1. The van der Waals surface area contributed by atoms with Crippen molar-refractivity contribution in [3.8, 4) is 0 Å². The number of nitrogens with zero attached hydrogens (tertiary/aromatic N) is 2. The van der Waals surface area contributed by atoms with Crippen molar-refractivity contribution in [3.63, 3.8) is 0 Å². The number of hydrogen-bond donors (Lipinski definition) is 1. The monoisotopic (exact) mass is 321 g/mol. The largest absolute Gasteiger partial charge is 0.340 e. The lowest BCUT2D eigenvalue weighted by atomic mass is 9.97. The lowest BCUT2D eigenvalue weighted by Crippen LogP contribution is -2.43. The second-order valence-corrected chi connectivity index (χ2v) is 6.37. The predicted molar refractivity (Wildman–Crippen MR) is 90.6 cm³/mol. The van der Waals surface area contributed by atoms with E-state index in [1.807, 2.05) is 0 Å². The Morgan fingerprint density at radius 3 is 2.70 bits per heavy atom. The standard InChI is InChI=1S/C18H28FN3O/c1-3-20-12-15-8-10-22(11-9-15)14-18(23)21(2)13-16-6-4-5-7-17(16)19/h4-7,15,20H,3,8-14H2,1-2H3. The van der Waals surface area contributed by atoms with Gasteiger partial charge in [0.05, 0.1) is 6.54 Å². The minimum atomic E-state index is -0.253. The zero-order valence-electron chi connectivity index (χ0n) is 14.2. The summed E-state index contributed by atoms with van der Waals surface area (Å²) in [7, 11) is 1.74. The fourth-order valence-corrected chi connectivity index (χ4v) is 2.98. The molecule has 128 valence electrons. The van der Waals surface area contributed by atoms with Crippen molar-refractivity contribution in [1.29, 1.82) is 0 Å². The van der Waals surface area contributed by atoms with Gasteiger partial charge in [-0.1, -0.05) is 25.1 Å². The number of likely N-dealkylation sites (tertiary alicyclic amines) is 1. The Kier molecular flexibility index (Phi) is 6.99. The fourth-order valence-electron chi connectivity index (χ4n) is 2.98. The van der Waals surface area contributed by atoms with Gasteiger partial charge in [-0.05, 0) is 51.0 Å². The summed E-state index contributed by atoms with van der Waals surface area (Å²) in [6, 6.07) is 6.62. The smallest absolute Gasteiger partial charge is 0.236 e. The summed E-state index contributed by atoms with van der Waals surface area (Å²) in [5.74, 6) is 0.521. The number of likely N-dealkylation sites (N-methyl/N-ethyl adjacent to an activating group) is 1. The Morgan fingerprint density at radius 2 is 2.04 bits per heavy atom. The van der Waals surface area contributed by atoms with Crippen LogP contribution in [0.5, 0.6) is 0 Å². The summed E-state index contributed by atoms with van der Waals surface area (Å²) in [4.78, 5) is 16.2. The number of rotatable bonds is 7. The first-order valence-electron chi connectivity index (χ1n) is 8.50. The van der Waals surface area contributed by atoms with Gasteiger partial charge in [0.1, 0.15) is 5.82 Å². The lowest BCUT2D eigenvalue weighted by Gasteiger charge is -2.32. The van der Waals surface area contributed by atoms with Crippen LogP contribution in [-0.4, -0.2) is 55.5 Å². The normalized spacial score (nSPS) is 16.5. The Labute approximate surface area is 138 Å². The highest BCUT2D eigenvalue weighted by Crippen LogP contribution is 2.16. The predicted octanol–water partition coefficient (Wildman–Crippen LogP) is 2.11. The van der Waals surface area contributed by atoms with Crippen LogP contribution in [0.3, 0.4) is 0 Å². The Hall–Kier alpha value is -1.46. The van der Waals surface area contributed by atoms with Crippen LogP contribution in [0.1, 0.15) is 25.3 Å². The molecule has 0 radical (unpaired) electrons. The average molecular weight is 321 g/mol. The van der Waals surface area contributed by atoms with E-state index in [2.05, 4.69) is 17.1 Å². The number of amides is 1. The number of piperidine rings is 1. The molecule has 1 aliphatic heterocycles. The SMILES string of the molecule is CCNCC1CCN(CC(=O)N(C)Cc2ccccc2F)CC1. The van der Waals surface area contributed by atoms with Gasteiger partial charge in [0.2, 0.25) is 5.91 Å². The molecule has 1 aromatic rings. The fraction of sp³-hybridized carbons (Fsp3) is 0.611. The molecule has 5 heteroatoms. The van der Waals surface area contributed by atoms with E-state index in [0.717, 1.165) is 44.9 Å². The average Bonchev–Trinajstić information content (AvgIpc) is 2.56. The molecular formula is C18H28FN3O. The van der Waals surface area contributed by atoms with E-state index < -0.39 is 0 Å². The van der Waals surface area contributed by atoms with Crippen LogP contribution in [0, 0.1) is 11.7 Å². The number of halogens is 1. The van der Waals surface area contributed by atoms with Gasteiger partial charge < -0.3 is 10.2 Å². The topological polar surface area (TPSA) is 35.6 Å². The second kappa shape index (κ2) is 8.99. The summed E-state index contributed by atoms with van der Waals surface area (Å²) in [5, 5.41) is 3.40. The molecule has 0 atom stereocenters. The first-order valence-corrected chi connectivity index (χ1v) is 8.50. The Balaban J connectivity index is 1.75. The van der Waals surface area contributed by atoms with Gasteiger partial charge in [-0.25, -0.2) is 4.39 Å². The molecule has 0 unspecified atom stereocenters. The van der Waals surface area contributed by atoms with Gasteiger partial charge >= 0.3 is 0 Å². The van der Waals surface area contributed by atoms with E-state index in [4.69, 9.17) is 0 Å². The summed E-state index contributed by atoms with van der Waals surface area (Å²) in [6.45, 7) is 6.90. The molecule has 2 rings (SSSR count). The van der Waals surface area contributed by atoms with Crippen molar-refractivity contribution in [2.75, 3.05) is 39.8 Å². The molecule has 1 heterocycles. The molecule has 0 aromatic heterocycles. The molecule has 4 nitrogen and oxygen atoms in total. The first kappa shape index (κ1) is 17.9. The van der Waals surface area contributed by atoms with Crippen molar-refractivity contribution in [1.82, 2.24) is 15.1 Å². The minimum absolute atomic E-state index is 0.0541. The van der Waals surface area contributed by atoms with E-state index in [1.54, 1.807) is 30.1 Å². The molecule has 1 fully saturated rings. The number of carbonyl (C=O) groups excluding carboxylic acids is 1. The van der Waals surface area contributed by atoms with Crippen molar-refractivity contribution >= 4 is 5.91 Å². The highest BCUT2D eigenvalue weighted by molar-refractivity contribution is 5.78. The van der Waals surface area contributed by atoms with E-state index in [0.29, 0.717) is 18.7 Å². The molecule has 0 spiro atoms. The van der Waals surface area contributed by atoms with E-state index in [1.165, 1.54) is 6.07 Å². The molecule has 1 amide bonds. The maximum absolute atomic E-state index is 13.7. The van der Waals surface area contributed by atoms with Crippen molar-refractivity contribution < 1.29 is 9.18 Å². The van der Waals surface area contributed by atoms with Crippen LogP contribution in [0.25, 0.3) is 0 Å². The third-order valence-corrected chi connectivity index (χ3v) is 4.54. The highest BCUT2D eigenvalue weighted by atomic mass is 19.1. The first-order chi connectivity index (χ1) is 11.1. The third-order valence-electron chi connectivity index (χ3n) is 4.54. The van der Waals surface area contributed by atoms with E-state index >= 15 is 0 Å². The van der Waals surface area contributed by atoms with Crippen LogP contribution >= 0.6 is 0 Å². The summed E-state index contributed by atoms with van der Waals surface area (Å²) in [5.41, 5.74) is 0.563. The van der Waals surface area contributed by atoms with Gasteiger partial charge in [-0.15, -0.1) is 0 Å². The maximum Gasteiger partial charge on any atom is 0.236 e. The van der Waals surface area contributed by atoms with Crippen LogP contribution < -0.4 is 5.32 Å². The maximum atomic E-state index is 13.7. The van der Waals surface area contributed by atoms with Gasteiger partial charge in [0, 0.05) is 19.2 Å². The molecule has 1 saturated heterocycles. The van der Waals surface area contributed by atoms with Crippen LogP contribution in [0.15, 0.2) is 24.3 Å².